The van der Waals surface area contributed by atoms with Gasteiger partial charge in [-0.05, 0) is 0 Å². The van der Waals surface area contributed by atoms with Crippen molar-refractivity contribution in [3.63, 3.8) is 0 Å². The Balaban J connectivity index is 2.47. The van der Waals surface area contributed by atoms with Crippen LogP contribution < -0.4 is 0 Å². The molecule has 0 radical (unpaired) electrons. The molecule has 2 aromatic carbocycles. The van der Waals surface area contributed by atoms with E-state index in [4.69, 9.17) is 4.42 Å². The van der Waals surface area contributed by atoms with Gasteiger partial charge in [0.25, 0.3) is 0 Å². The van der Waals surface area contributed by atoms with Crippen LogP contribution >= 0.6 is 0 Å². The van der Waals surface area contributed by atoms with Crippen LogP contribution in [0.1, 0.15) is 11.1 Å². The van der Waals surface area contributed by atoms with Crippen molar-refractivity contribution >= 4 is 26.7 Å². The monoisotopic (exact) mass is 303 g/mol. The molecule has 0 aliphatic heterocycles. The van der Waals surface area contributed by atoms with Gasteiger partial charge >= 0.3 is 113 Å². The molecule has 0 bridgehead atoms. The molecule has 0 fully saturated rings. The summed E-state index contributed by atoms with van der Waals surface area (Å²) in [5, 5.41) is 0. The number of hydrogen-bond acceptors (Lipinski definition) is 1. The summed E-state index contributed by atoms with van der Waals surface area (Å²) >= 11 is 3.01. The SMILES string of the molecule is Cc1ccccc1-n1c(=[Se])oc2cccc(C)c21. The Morgan fingerprint density at radius 1 is 0.944 bits per heavy atom. The average Bonchev–Trinajstić information content (AvgIpc) is 2.68. The molecule has 18 heavy (non-hydrogen) atoms. The van der Waals surface area contributed by atoms with Crippen LogP contribution in [0.4, 0.5) is 0 Å². The number of fused-ring (bicyclic) bond motifs is 1. The average molecular weight is 302 g/mol. The van der Waals surface area contributed by atoms with E-state index in [9.17, 15) is 0 Å². The Morgan fingerprint density at radius 2 is 1.67 bits per heavy atom. The fraction of sp³-hybridized carbons (Fsp3) is 0.133. The van der Waals surface area contributed by atoms with Crippen molar-refractivity contribution in [3.8, 4) is 5.69 Å². The van der Waals surface area contributed by atoms with Crippen molar-refractivity contribution in [2.75, 3.05) is 0 Å². The molecule has 3 rings (SSSR count). The molecule has 0 amide bonds. The summed E-state index contributed by atoms with van der Waals surface area (Å²) in [6, 6.07) is 14.4. The number of aryl methyl sites for hydroxylation is 2. The van der Waals surface area contributed by atoms with E-state index in [0.29, 0.717) is 0 Å². The van der Waals surface area contributed by atoms with Crippen LogP contribution in [0.5, 0.6) is 0 Å². The van der Waals surface area contributed by atoms with Crippen molar-refractivity contribution < 1.29 is 4.42 Å². The minimum absolute atomic E-state index is 0.786. The number of nitrogens with zero attached hydrogens (tertiary/aromatic N) is 1. The van der Waals surface area contributed by atoms with E-state index >= 15 is 0 Å². The third-order valence-electron chi connectivity index (χ3n) is 3.16. The number of benzene rings is 2. The van der Waals surface area contributed by atoms with Crippen LogP contribution in [0.3, 0.4) is 0 Å². The van der Waals surface area contributed by atoms with Gasteiger partial charge in [0.05, 0.1) is 0 Å². The normalized spacial score (nSPS) is 11.0. The number of oxazole rings is 1. The number of para-hydroxylation sites is 2. The molecule has 0 N–H and O–H groups in total. The Morgan fingerprint density at radius 3 is 2.44 bits per heavy atom. The van der Waals surface area contributed by atoms with Gasteiger partial charge in [-0.3, -0.25) is 0 Å². The standard InChI is InChI=1S/C15H13NOSe/c1-10-6-3-4-8-12(10)16-14-11(2)7-5-9-13(14)17-15(16)18/h3-9H,1-2H3. The summed E-state index contributed by atoms with van der Waals surface area (Å²) in [4.78, 5) is 0. The van der Waals surface area contributed by atoms with Crippen LogP contribution in [0.15, 0.2) is 46.9 Å². The predicted molar refractivity (Wildman–Crippen MR) is 74.0 cm³/mol. The number of aromatic nitrogens is 1. The van der Waals surface area contributed by atoms with Gasteiger partial charge in [-0.2, -0.15) is 0 Å². The van der Waals surface area contributed by atoms with Gasteiger partial charge in [-0.1, -0.05) is 0 Å². The fourth-order valence-electron chi connectivity index (χ4n) is 2.27. The molecule has 1 aromatic heterocycles. The molecule has 3 aromatic rings. The van der Waals surface area contributed by atoms with Crippen molar-refractivity contribution in [1.29, 1.82) is 0 Å². The van der Waals surface area contributed by atoms with Crippen LogP contribution in [0, 0.1) is 18.2 Å². The fourth-order valence-corrected chi connectivity index (χ4v) is 2.85. The molecule has 0 saturated heterocycles. The van der Waals surface area contributed by atoms with Crippen LogP contribution in [-0.2, 0) is 0 Å². The van der Waals surface area contributed by atoms with Gasteiger partial charge in [0.15, 0.2) is 0 Å². The van der Waals surface area contributed by atoms with Crippen LogP contribution in [-0.4, -0.2) is 20.1 Å². The third kappa shape index (κ3) is 1.67. The van der Waals surface area contributed by atoms with Gasteiger partial charge in [-0.15, -0.1) is 0 Å². The summed E-state index contributed by atoms with van der Waals surface area (Å²) in [5.74, 6) is 0. The van der Waals surface area contributed by atoms with Crippen molar-refractivity contribution in [2.45, 2.75) is 13.8 Å². The summed E-state index contributed by atoms with van der Waals surface area (Å²) in [6.45, 7) is 4.21. The topological polar surface area (TPSA) is 18.1 Å². The second-order valence-electron chi connectivity index (χ2n) is 4.41. The number of rotatable bonds is 1. The third-order valence-corrected chi connectivity index (χ3v) is 3.72. The Hall–Kier alpha value is -1.57. The molecule has 0 aliphatic carbocycles. The second-order valence-corrected chi connectivity index (χ2v) is 5.14. The minimum atomic E-state index is 0.786. The van der Waals surface area contributed by atoms with E-state index in [1.807, 2.05) is 24.3 Å². The molecule has 0 spiro atoms. The van der Waals surface area contributed by atoms with Gasteiger partial charge in [0, 0.05) is 0 Å². The Labute approximate surface area is 113 Å². The molecule has 1 heterocycles. The first kappa shape index (κ1) is 11.5. The van der Waals surface area contributed by atoms with Crippen LogP contribution in [0.25, 0.3) is 16.8 Å². The maximum atomic E-state index is 5.80. The first-order valence-electron chi connectivity index (χ1n) is 5.85. The Bertz CT molecular complexity index is 783. The molecular weight excluding hydrogens is 289 g/mol. The zero-order valence-corrected chi connectivity index (χ0v) is 12.0. The quantitative estimate of drug-likeness (QED) is 0.629. The van der Waals surface area contributed by atoms with Crippen LogP contribution in [0.2, 0.25) is 0 Å². The van der Waals surface area contributed by atoms with Crippen molar-refractivity contribution in [1.82, 2.24) is 4.57 Å². The van der Waals surface area contributed by atoms with E-state index in [-0.39, 0.29) is 0 Å². The summed E-state index contributed by atoms with van der Waals surface area (Å²) in [5.41, 5.74) is 5.62. The first-order valence-corrected chi connectivity index (χ1v) is 6.71. The molecular formula is C15H13NOSe. The maximum absolute atomic E-state index is 5.80. The van der Waals surface area contributed by atoms with E-state index in [2.05, 4.69) is 52.2 Å². The van der Waals surface area contributed by atoms with E-state index in [1.165, 1.54) is 11.1 Å². The molecule has 0 saturated carbocycles. The molecule has 90 valence electrons. The summed E-state index contributed by atoms with van der Waals surface area (Å²) in [7, 11) is 0. The van der Waals surface area contributed by atoms with Crippen molar-refractivity contribution in [2.24, 2.45) is 0 Å². The molecule has 3 heteroatoms. The summed E-state index contributed by atoms with van der Waals surface area (Å²) < 4.78 is 8.72. The van der Waals surface area contributed by atoms with E-state index in [1.54, 1.807) is 0 Å². The summed E-state index contributed by atoms with van der Waals surface area (Å²) in [6.07, 6.45) is 0. The van der Waals surface area contributed by atoms with Crippen molar-refractivity contribution in [3.05, 3.63) is 58.0 Å². The molecule has 0 aliphatic rings. The van der Waals surface area contributed by atoms with Gasteiger partial charge in [-0.25, -0.2) is 0 Å². The Kier molecular flexibility index (Phi) is 2.73. The molecule has 0 unspecified atom stereocenters. The van der Waals surface area contributed by atoms with Gasteiger partial charge in [0.2, 0.25) is 0 Å². The first-order chi connectivity index (χ1) is 8.68. The molecule has 0 atom stereocenters. The van der Waals surface area contributed by atoms with Gasteiger partial charge < -0.3 is 0 Å². The predicted octanol–water partition coefficient (Wildman–Crippen LogP) is 3.54. The van der Waals surface area contributed by atoms with E-state index in [0.717, 1.165) is 21.2 Å². The zero-order chi connectivity index (χ0) is 12.7. The molecule has 2 nitrogen and oxygen atoms in total. The second kappa shape index (κ2) is 4.27. The number of hydrogen-bond donors (Lipinski definition) is 0. The van der Waals surface area contributed by atoms with E-state index < -0.39 is 0 Å². The zero-order valence-electron chi connectivity index (χ0n) is 10.3. The van der Waals surface area contributed by atoms with Gasteiger partial charge in [0.1, 0.15) is 0 Å².